The number of ketones is 2. The summed E-state index contributed by atoms with van der Waals surface area (Å²) in [6.45, 7) is 1.65. The van der Waals surface area contributed by atoms with Gasteiger partial charge >= 0.3 is 29.6 Å². The van der Waals surface area contributed by atoms with Crippen LogP contribution in [0.2, 0.25) is 0 Å². The molecule has 1 aliphatic carbocycles. The van der Waals surface area contributed by atoms with Crippen LogP contribution in [-0.4, -0.2) is 29.6 Å². The second-order valence-corrected chi connectivity index (χ2v) is 8.22. The van der Waals surface area contributed by atoms with E-state index in [0.29, 0.717) is 11.3 Å². The van der Waals surface area contributed by atoms with Gasteiger partial charge in [-0.3, -0.25) is 9.59 Å². The number of nitrogens with two attached hydrogens (primary N) is 1. The van der Waals surface area contributed by atoms with E-state index in [1.807, 2.05) is 0 Å². The molecule has 0 saturated heterocycles. The van der Waals surface area contributed by atoms with Crippen LogP contribution in [0, 0.1) is 6.92 Å². The summed E-state index contributed by atoms with van der Waals surface area (Å²) in [5, 5.41) is 12.6. The van der Waals surface area contributed by atoms with Gasteiger partial charge in [-0.25, -0.2) is 8.42 Å². The fourth-order valence-electron chi connectivity index (χ4n) is 3.49. The Balaban J connectivity index is 0.00000272. The molecule has 0 radical (unpaired) electrons. The molecular formula is C21H15N2NaO6S. The fraction of sp³-hybridized carbons (Fsp3) is 0.0476. The standard InChI is InChI=1S/C21H16N2O6S.Na/c1-10-8-11(6-7-15(10)24)23-14-9-16(30(27,28)29)19(22)18-17(14)20(25)12-4-2-3-5-13(12)21(18)26;/h2-9,23-24H,22H2,1H3,(H,27,28,29);/q;+1/p-1. The van der Waals surface area contributed by atoms with Crippen molar-refractivity contribution >= 4 is 38.7 Å². The molecule has 0 saturated carbocycles. The summed E-state index contributed by atoms with van der Waals surface area (Å²) in [6, 6.07) is 11.5. The minimum Gasteiger partial charge on any atom is -0.744 e. The van der Waals surface area contributed by atoms with Crippen molar-refractivity contribution in [2.75, 3.05) is 11.1 Å². The Hall–Kier alpha value is -2.69. The van der Waals surface area contributed by atoms with Crippen molar-refractivity contribution in [1.29, 1.82) is 0 Å². The number of nitrogens with one attached hydrogen (secondary N) is 1. The van der Waals surface area contributed by atoms with Gasteiger partial charge in [-0.15, -0.1) is 0 Å². The van der Waals surface area contributed by atoms with E-state index >= 15 is 0 Å². The van der Waals surface area contributed by atoms with Gasteiger partial charge in [0.05, 0.1) is 27.4 Å². The second-order valence-electron chi connectivity index (χ2n) is 6.87. The molecule has 0 bridgehead atoms. The minimum atomic E-state index is -5.03. The molecule has 0 unspecified atom stereocenters. The Kier molecular flexibility index (Phi) is 6.01. The van der Waals surface area contributed by atoms with Crippen LogP contribution in [-0.2, 0) is 10.1 Å². The summed E-state index contributed by atoms with van der Waals surface area (Å²) in [4.78, 5) is 25.5. The number of phenols is 1. The van der Waals surface area contributed by atoms with Crippen molar-refractivity contribution in [3.63, 3.8) is 0 Å². The van der Waals surface area contributed by atoms with Crippen LogP contribution in [0.25, 0.3) is 0 Å². The van der Waals surface area contributed by atoms with Crippen LogP contribution in [0.5, 0.6) is 5.75 Å². The Morgan fingerprint density at radius 2 is 1.55 bits per heavy atom. The zero-order valence-corrected chi connectivity index (χ0v) is 19.4. The third-order valence-electron chi connectivity index (χ3n) is 4.95. The van der Waals surface area contributed by atoms with Crippen LogP contribution in [0.15, 0.2) is 53.4 Å². The van der Waals surface area contributed by atoms with Gasteiger partial charge in [0, 0.05) is 16.8 Å². The predicted octanol–water partition coefficient (Wildman–Crippen LogP) is -0.290. The van der Waals surface area contributed by atoms with Gasteiger partial charge in [0.2, 0.25) is 0 Å². The summed E-state index contributed by atoms with van der Waals surface area (Å²) in [7, 11) is -5.03. The first-order chi connectivity index (χ1) is 14.1. The zero-order chi connectivity index (χ0) is 21.8. The first kappa shape index (κ1) is 23.0. The topological polar surface area (TPSA) is 150 Å². The van der Waals surface area contributed by atoms with Gasteiger partial charge in [0.25, 0.3) is 0 Å². The summed E-state index contributed by atoms with van der Waals surface area (Å²) in [5.41, 5.74) is 6.00. The zero-order valence-electron chi connectivity index (χ0n) is 16.6. The number of carbonyl (C=O) groups excluding carboxylic acids is 2. The van der Waals surface area contributed by atoms with Gasteiger partial charge in [-0.1, -0.05) is 24.3 Å². The number of carbonyl (C=O) groups is 2. The Labute approximate surface area is 200 Å². The third-order valence-corrected chi connectivity index (χ3v) is 5.82. The molecule has 3 aromatic rings. The molecule has 152 valence electrons. The molecule has 4 rings (SSSR count). The van der Waals surface area contributed by atoms with E-state index in [2.05, 4.69) is 5.32 Å². The first-order valence-electron chi connectivity index (χ1n) is 8.77. The first-order valence-corrected chi connectivity index (χ1v) is 10.2. The van der Waals surface area contributed by atoms with E-state index in [9.17, 15) is 27.7 Å². The number of rotatable bonds is 3. The number of hydrogen-bond acceptors (Lipinski definition) is 8. The average molecular weight is 446 g/mol. The van der Waals surface area contributed by atoms with Crippen molar-refractivity contribution in [3.05, 3.63) is 76.3 Å². The maximum Gasteiger partial charge on any atom is 1.00 e. The number of aryl methyl sites for hydroxylation is 1. The third kappa shape index (κ3) is 3.86. The quantitative estimate of drug-likeness (QED) is 0.168. The molecule has 0 heterocycles. The molecule has 1 aliphatic rings. The molecule has 0 amide bonds. The molecule has 4 N–H and O–H groups in total. The molecular weight excluding hydrogens is 431 g/mol. The number of aromatic hydroxyl groups is 1. The molecule has 31 heavy (non-hydrogen) atoms. The molecule has 10 heteroatoms. The summed E-state index contributed by atoms with van der Waals surface area (Å²) < 4.78 is 35.4. The maximum atomic E-state index is 13.2. The van der Waals surface area contributed by atoms with Gasteiger partial charge < -0.3 is 20.7 Å². The molecule has 0 aromatic heterocycles. The maximum absolute atomic E-state index is 13.2. The minimum absolute atomic E-state index is 0. The predicted molar refractivity (Wildman–Crippen MR) is 108 cm³/mol. The fourth-order valence-corrected chi connectivity index (χ4v) is 4.12. The van der Waals surface area contributed by atoms with E-state index < -0.39 is 32.3 Å². The van der Waals surface area contributed by atoms with Crippen molar-refractivity contribution in [2.24, 2.45) is 0 Å². The van der Waals surface area contributed by atoms with E-state index in [1.165, 1.54) is 24.3 Å². The SMILES string of the molecule is Cc1cc(Nc2cc(S(=O)(=O)[O-])c(N)c3c2C(=O)c2ccccc2C3=O)ccc1O.[Na+]. The molecule has 8 nitrogen and oxygen atoms in total. The van der Waals surface area contributed by atoms with Gasteiger partial charge in [-0.05, 0) is 36.8 Å². The molecule has 0 atom stereocenters. The van der Waals surface area contributed by atoms with Crippen molar-refractivity contribution in [1.82, 2.24) is 0 Å². The molecule has 0 fully saturated rings. The normalized spacial score (nSPS) is 12.6. The summed E-state index contributed by atoms with van der Waals surface area (Å²) in [5.74, 6) is -1.13. The van der Waals surface area contributed by atoms with Crippen molar-refractivity contribution in [3.8, 4) is 5.75 Å². The van der Waals surface area contributed by atoms with Crippen molar-refractivity contribution in [2.45, 2.75) is 11.8 Å². The Morgan fingerprint density at radius 1 is 0.968 bits per heavy atom. The Bertz CT molecular complexity index is 1370. The second kappa shape index (κ2) is 8.10. The molecule has 0 spiro atoms. The smallest absolute Gasteiger partial charge is 0.744 e. The molecule has 3 aromatic carbocycles. The van der Waals surface area contributed by atoms with Gasteiger partial charge in [0.15, 0.2) is 11.6 Å². The number of fused-ring (bicyclic) bond motifs is 2. The van der Waals surface area contributed by atoms with E-state index in [1.54, 1.807) is 25.1 Å². The van der Waals surface area contributed by atoms with Crippen LogP contribution in [0.3, 0.4) is 0 Å². The summed E-state index contributed by atoms with van der Waals surface area (Å²) >= 11 is 0. The monoisotopic (exact) mass is 446 g/mol. The van der Waals surface area contributed by atoms with Crippen molar-refractivity contribution < 1.29 is 57.2 Å². The van der Waals surface area contributed by atoms with E-state index in [0.717, 1.165) is 6.07 Å². The van der Waals surface area contributed by atoms with E-state index in [4.69, 9.17) is 5.73 Å². The largest absolute Gasteiger partial charge is 1.00 e. The van der Waals surface area contributed by atoms with E-state index in [-0.39, 0.29) is 63.2 Å². The number of anilines is 3. The average Bonchev–Trinajstić information content (AvgIpc) is 2.69. The molecule has 0 aliphatic heterocycles. The van der Waals surface area contributed by atoms with Gasteiger partial charge in [0.1, 0.15) is 15.9 Å². The summed E-state index contributed by atoms with van der Waals surface area (Å²) in [6.07, 6.45) is 0. The van der Waals surface area contributed by atoms with Crippen LogP contribution in [0.4, 0.5) is 17.1 Å². The van der Waals surface area contributed by atoms with Crippen LogP contribution >= 0.6 is 0 Å². The number of phenolic OH excluding ortho intramolecular Hbond substituents is 1. The number of benzene rings is 3. The van der Waals surface area contributed by atoms with Crippen LogP contribution < -0.4 is 40.6 Å². The number of nitrogen functional groups attached to an aromatic ring is 1. The van der Waals surface area contributed by atoms with Gasteiger partial charge in [-0.2, -0.15) is 0 Å². The Morgan fingerprint density at radius 3 is 2.10 bits per heavy atom. The van der Waals surface area contributed by atoms with Crippen LogP contribution in [0.1, 0.15) is 37.4 Å². The number of hydrogen-bond donors (Lipinski definition) is 3.